The molecule has 2 atom stereocenters. The number of aryl methyl sites for hydroxylation is 1. The van der Waals surface area contributed by atoms with Crippen LogP contribution < -0.4 is 10.6 Å². The average molecular weight is 532 g/mol. The Labute approximate surface area is 199 Å². The van der Waals surface area contributed by atoms with Gasteiger partial charge in [0.2, 0.25) is 0 Å². The maximum Gasteiger partial charge on any atom is 0.191 e. The third kappa shape index (κ3) is 7.35. The molecule has 2 unspecified atom stereocenters. The first-order chi connectivity index (χ1) is 13.9. The predicted molar refractivity (Wildman–Crippen MR) is 135 cm³/mol. The molecule has 1 fully saturated rings. The van der Waals surface area contributed by atoms with Gasteiger partial charge in [0.25, 0.3) is 0 Å². The number of fused-ring (bicyclic) bond motifs is 1. The summed E-state index contributed by atoms with van der Waals surface area (Å²) >= 11 is 0. The molecular formula is C22H42IN7. The van der Waals surface area contributed by atoms with E-state index in [0.29, 0.717) is 17.9 Å². The zero-order valence-corrected chi connectivity index (χ0v) is 21.9. The summed E-state index contributed by atoms with van der Waals surface area (Å²) in [6.07, 6.45) is 4.64. The molecule has 0 aliphatic carbocycles. The van der Waals surface area contributed by atoms with Gasteiger partial charge in [0.15, 0.2) is 11.8 Å². The van der Waals surface area contributed by atoms with E-state index in [1.165, 1.54) is 32.5 Å². The summed E-state index contributed by atoms with van der Waals surface area (Å²) in [5, 5.41) is 11.8. The maximum atomic E-state index is 4.96. The number of nitrogens with zero attached hydrogens (tertiary/aromatic N) is 5. The minimum absolute atomic E-state index is 0. The van der Waals surface area contributed by atoms with Crippen LogP contribution in [0.3, 0.4) is 0 Å². The topological polar surface area (TPSA) is 70.4 Å². The van der Waals surface area contributed by atoms with Crippen LogP contribution in [0, 0.1) is 11.8 Å². The van der Waals surface area contributed by atoms with Crippen LogP contribution in [0.25, 0.3) is 0 Å². The smallest absolute Gasteiger partial charge is 0.191 e. The van der Waals surface area contributed by atoms with Crippen molar-refractivity contribution in [3.63, 3.8) is 0 Å². The molecule has 0 spiro atoms. The molecule has 7 nitrogen and oxygen atoms in total. The summed E-state index contributed by atoms with van der Waals surface area (Å²) in [5.41, 5.74) is 0. The van der Waals surface area contributed by atoms with Crippen molar-refractivity contribution in [2.45, 2.75) is 78.8 Å². The van der Waals surface area contributed by atoms with Crippen molar-refractivity contribution < 1.29 is 0 Å². The van der Waals surface area contributed by atoms with E-state index in [1.807, 2.05) is 0 Å². The molecule has 0 aromatic carbocycles. The van der Waals surface area contributed by atoms with Crippen LogP contribution in [-0.4, -0.2) is 64.4 Å². The normalized spacial score (nSPS) is 22.7. The number of guanidine groups is 1. The van der Waals surface area contributed by atoms with Crippen molar-refractivity contribution in [1.82, 2.24) is 30.3 Å². The van der Waals surface area contributed by atoms with E-state index in [9.17, 15) is 0 Å². The molecule has 0 saturated carbocycles. The molecule has 8 heteroatoms. The molecular weight excluding hydrogens is 489 g/mol. The third-order valence-electron chi connectivity index (χ3n) is 5.81. The summed E-state index contributed by atoms with van der Waals surface area (Å²) in [6, 6.07) is 0.353. The summed E-state index contributed by atoms with van der Waals surface area (Å²) in [7, 11) is 0. The van der Waals surface area contributed by atoms with Crippen molar-refractivity contribution in [2.24, 2.45) is 16.8 Å². The molecule has 0 bridgehead atoms. The van der Waals surface area contributed by atoms with E-state index >= 15 is 0 Å². The molecule has 1 saturated heterocycles. The Bertz CT molecular complexity index is 670. The molecule has 30 heavy (non-hydrogen) atoms. The van der Waals surface area contributed by atoms with Crippen molar-refractivity contribution >= 4 is 29.9 Å². The van der Waals surface area contributed by atoms with E-state index < -0.39 is 0 Å². The minimum Gasteiger partial charge on any atom is -0.357 e. The zero-order valence-electron chi connectivity index (χ0n) is 19.5. The number of piperidine rings is 1. The Morgan fingerprint density at radius 1 is 1.20 bits per heavy atom. The zero-order chi connectivity index (χ0) is 20.8. The van der Waals surface area contributed by atoms with E-state index in [4.69, 9.17) is 15.1 Å². The standard InChI is InChI=1S/C22H41N7.HI/c1-6-23-22(24-12-18-8-7-11-28(14-18)13-16(2)3)25-19-9-10-20-26-21(17(4)5)27-29(20)15-19;/h16-19H,6-15H2,1-5H3,(H2,23,24,25);1H. The molecule has 0 radical (unpaired) electrons. The van der Waals surface area contributed by atoms with Crippen molar-refractivity contribution in [1.29, 1.82) is 0 Å². The second-order valence-corrected chi connectivity index (χ2v) is 9.48. The van der Waals surface area contributed by atoms with Crippen molar-refractivity contribution in [3.8, 4) is 0 Å². The van der Waals surface area contributed by atoms with Crippen LogP contribution in [0.4, 0.5) is 0 Å². The highest BCUT2D eigenvalue weighted by Gasteiger charge is 2.24. The van der Waals surface area contributed by atoms with Gasteiger partial charge in [0, 0.05) is 44.6 Å². The highest BCUT2D eigenvalue weighted by atomic mass is 127. The van der Waals surface area contributed by atoms with E-state index in [-0.39, 0.29) is 24.0 Å². The summed E-state index contributed by atoms with van der Waals surface area (Å²) in [5.74, 6) is 4.82. The summed E-state index contributed by atoms with van der Waals surface area (Å²) in [4.78, 5) is 12.3. The maximum absolute atomic E-state index is 4.96. The van der Waals surface area contributed by atoms with Gasteiger partial charge in [-0.3, -0.25) is 4.99 Å². The number of likely N-dealkylation sites (tertiary alicyclic amines) is 1. The molecule has 0 amide bonds. The van der Waals surface area contributed by atoms with Crippen molar-refractivity contribution in [3.05, 3.63) is 11.6 Å². The Kier molecular flexibility index (Phi) is 10.3. The van der Waals surface area contributed by atoms with Crippen LogP contribution in [-0.2, 0) is 13.0 Å². The van der Waals surface area contributed by atoms with Gasteiger partial charge in [-0.15, -0.1) is 24.0 Å². The first-order valence-electron chi connectivity index (χ1n) is 11.6. The summed E-state index contributed by atoms with van der Waals surface area (Å²) < 4.78 is 2.09. The van der Waals surface area contributed by atoms with Gasteiger partial charge in [0.05, 0.1) is 6.54 Å². The molecule has 172 valence electrons. The monoisotopic (exact) mass is 531 g/mol. The Morgan fingerprint density at radius 2 is 2.00 bits per heavy atom. The van der Waals surface area contributed by atoms with E-state index in [2.05, 4.69) is 54.8 Å². The molecule has 3 rings (SSSR count). The molecule has 1 aromatic rings. The first kappa shape index (κ1) is 25.4. The fourth-order valence-electron chi connectivity index (χ4n) is 4.41. The predicted octanol–water partition coefficient (Wildman–Crippen LogP) is 3.26. The quantitative estimate of drug-likeness (QED) is 0.321. The Balaban J connectivity index is 0.00000320. The lowest BCUT2D eigenvalue weighted by molar-refractivity contribution is 0.162. The number of aromatic nitrogens is 3. The first-order valence-corrected chi connectivity index (χ1v) is 11.6. The largest absolute Gasteiger partial charge is 0.357 e. The molecule has 3 heterocycles. The molecule has 1 aromatic heterocycles. The highest BCUT2D eigenvalue weighted by molar-refractivity contribution is 14.0. The third-order valence-corrected chi connectivity index (χ3v) is 5.81. The lowest BCUT2D eigenvalue weighted by atomic mass is 9.97. The lowest BCUT2D eigenvalue weighted by Crippen LogP contribution is -2.47. The van der Waals surface area contributed by atoms with Crippen molar-refractivity contribution in [2.75, 3.05) is 32.7 Å². The van der Waals surface area contributed by atoms with Crippen LogP contribution in [0.2, 0.25) is 0 Å². The Morgan fingerprint density at radius 3 is 2.70 bits per heavy atom. The number of rotatable bonds is 7. The number of aliphatic imine (C=N–C) groups is 1. The van der Waals surface area contributed by atoms with Gasteiger partial charge >= 0.3 is 0 Å². The second kappa shape index (κ2) is 12.2. The Hall–Kier alpha value is -0.900. The van der Waals surface area contributed by atoms with Crippen LogP contribution in [0.15, 0.2) is 4.99 Å². The molecule has 2 N–H and O–H groups in total. The number of hydrogen-bond donors (Lipinski definition) is 2. The highest BCUT2D eigenvalue weighted by Crippen LogP contribution is 2.19. The van der Waals surface area contributed by atoms with Gasteiger partial charge < -0.3 is 15.5 Å². The van der Waals surface area contributed by atoms with Gasteiger partial charge in [0.1, 0.15) is 5.82 Å². The summed E-state index contributed by atoms with van der Waals surface area (Å²) in [6.45, 7) is 17.4. The lowest BCUT2D eigenvalue weighted by Gasteiger charge is -2.33. The van der Waals surface area contributed by atoms with Crippen LogP contribution in [0.1, 0.15) is 71.4 Å². The van der Waals surface area contributed by atoms with Crippen LogP contribution >= 0.6 is 24.0 Å². The van der Waals surface area contributed by atoms with Gasteiger partial charge in [-0.2, -0.15) is 5.10 Å². The van der Waals surface area contributed by atoms with Gasteiger partial charge in [-0.25, -0.2) is 9.67 Å². The number of halogens is 1. The number of nitrogens with one attached hydrogen (secondary N) is 2. The fraction of sp³-hybridized carbons (Fsp3) is 0.864. The fourth-order valence-corrected chi connectivity index (χ4v) is 4.41. The minimum atomic E-state index is 0. The van der Waals surface area contributed by atoms with Gasteiger partial charge in [-0.05, 0) is 44.6 Å². The van der Waals surface area contributed by atoms with E-state index in [1.54, 1.807) is 0 Å². The molecule has 2 aliphatic heterocycles. The molecule has 2 aliphatic rings. The van der Waals surface area contributed by atoms with E-state index in [0.717, 1.165) is 56.0 Å². The van der Waals surface area contributed by atoms with Crippen LogP contribution in [0.5, 0.6) is 0 Å². The number of hydrogen-bond acceptors (Lipinski definition) is 4. The second-order valence-electron chi connectivity index (χ2n) is 9.48. The SMILES string of the molecule is CCNC(=NCC1CCCN(CC(C)C)C1)NC1CCc2nc(C(C)C)nn2C1.I. The average Bonchev–Trinajstić information content (AvgIpc) is 3.10. The van der Waals surface area contributed by atoms with Gasteiger partial charge in [-0.1, -0.05) is 27.7 Å².